The molecule has 15 heteroatoms. The Bertz CT molecular complexity index is 1800. The zero-order valence-corrected chi connectivity index (χ0v) is 22.1. The second-order valence-corrected chi connectivity index (χ2v) is 8.89. The summed E-state index contributed by atoms with van der Waals surface area (Å²) in [6.07, 6.45) is 2.67. The number of hydrogen-bond acceptors (Lipinski definition) is 8. The fourth-order valence-electron chi connectivity index (χ4n) is 3.88. The number of amides is 1. The van der Waals surface area contributed by atoms with E-state index in [0.717, 1.165) is 16.7 Å². The molecule has 1 atom stereocenters. The van der Waals surface area contributed by atoms with Crippen LogP contribution in [0.5, 0.6) is 0 Å². The lowest BCUT2D eigenvalue weighted by Crippen LogP contribution is -2.40. The van der Waals surface area contributed by atoms with Crippen molar-refractivity contribution in [3.8, 4) is 0 Å². The molecule has 0 radical (unpaired) electrons. The van der Waals surface area contributed by atoms with E-state index in [-0.39, 0.29) is 29.2 Å². The molecule has 12 nitrogen and oxygen atoms in total. The number of nitrogens with zero attached hydrogens (tertiary/aromatic N) is 8. The van der Waals surface area contributed by atoms with Gasteiger partial charge in [0.15, 0.2) is 17.0 Å². The van der Waals surface area contributed by atoms with Crippen LogP contribution in [-0.4, -0.2) is 52.4 Å². The number of aromatic nitrogens is 7. The Morgan fingerprint density at radius 2 is 1.95 bits per heavy atom. The first kappa shape index (κ1) is 28.8. The van der Waals surface area contributed by atoms with Crippen molar-refractivity contribution in [2.45, 2.75) is 32.6 Å². The van der Waals surface area contributed by atoms with E-state index in [9.17, 15) is 27.6 Å². The molecule has 0 bridgehead atoms. The normalized spacial score (nSPS) is 13.3. The van der Waals surface area contributed by atoms with E-state index in [4.69, 9.17) is 0 Å². The Kier molecular flexibility index (Phi) is 8.07. The molecule has 4 aromatic rings. The van der Waals surface area contributed by atoms with Crippen LogP contribution in [0.4, 0.5) is 19.0 Å². The summed E-state index contributed by atoms with van der Waals surface area (Å²) < 4.78 is 42.3. The molecule has 0 aliphatic carbocycles. The van der Waals surface area contributed by atoms with Crippen LogP contribution in [0.3, 0.4) is 0 Å². The van der Waals surface area contributed by atoms with Crippen LogP contribution in [0.1, 0.15) is 31.3 Å². The van der Waals surface area contributed by atoms with E-state index in [0.29, 0.717) is 11.3 Å². The van der Waals surface area contributed by atoms with Gasteiger partial charge in [-0.3, -0.25) is 33.7 Å². The molecule has 1 N–H and O–H groups in total. The summed E-state index contributed by atoms with van der Waals surface area (Å²) in [7, 11) is 1.47. The number of aliphatic imine (C=N–C) groups is 1. The molecule has 4 rings (SSSR count). The van der Waals surface area contributed by atoms with Gasteiger partial charge < -0.3 is 9.88 Å². The smallest absolute Gasteiger partial charge is 0.312 e. The Morgan fingerprint density at radius 3 is 2.61 bits per heavy atom. The van der Waals surface area contributed by atoms with E-state index >= 15 is 0 Å². The summed E-state index contributed by atoms with van der Waals surface area (Å²) in [5.41, 5.74) is -1.25. The molecular weight excluding hydrogens is 543 g/mol. The monoisotopic (exact) mass is 567 g/mol. The van der Waals surface area contributed by atoms with Crippen molar-refractivity contribution in [3.05, 3.63) is 93.2 Å². The number of aryl methyl sites for hydroxylation is 1. The maximum Gasteiger partial charge on any atom is 0.433 e. The third-order valence-corrected chi connectivity index (χ3v) is 6.14. The minimum atomic E-state index is -4.67. The third-order valence-electron chi connectivity index (χ3n) is 6.14. The molecule has 212 valence electrons. The highest BCUT2D eigenvalue weighted by molar-refractivity contribution is 5.93. The average molecular weight is 568 g/mol. The molecule has 41 heavy (non-hydrogen) atoms. The SMILES string of the molecule is C=N/C(=C\C=C(/C)c1cncc(NC(=O)[C@H](C)n2cnc3c2c(=O)n(Cc2ccccn2)c(=O)n3C)n1)C(F)(F)F. The fourth-order valence-corrected chi connectivity index (χ4v) is 3.88. The summed E-state index contributed by atoms with van der Waals surface area (Å²) in [6.45, 7) is 5.90. The number of anilines is 1. The van der Waals surface area contributed by atoms with Crippen molar-refractivity contribution >= 4 is 35.2 Å². The van der Waals surface area contributed by atoms with Crippen LogP contribution < -0.4 is 16.6 Å². The van der Waals surface area contributed by atoms with Crippen molar-refractivity contribution in [2.24, 2.45) is 12.0 Å². The molecule has 4 heterocycles. The molecule has 0 unspecified atom stereocenters. The molecule has 0 saturated carbocycles. The maximum absolute atomic E-state index is 13.4. The maximum atomic E-state index is 13.4. The van der Waals surface area contributed by atoms with Gasteiger partial charge >= 0.3 is 11.9 Å². The summed E-state index contributed by atoms with van der Waals surface area (Å²) in [5.74, 6) is -0.560. The Hall–Kier alpha value is -5.21. The van der Waals surface area contributed by atoms with E-state index in [1.54, 1.807) is 24.4 Å². The van der Waals surface area contributed by atoms with Gasteiger partial charge in [-0.1, -0.05) is 12.1 Å². The number of halogens is 3. The van der Waals surface area contributed by atoms with Gasteiger partial charge in [0.05, 0.1) is 36.7 Å². The molecule has 0 aliphatic heterocycles. The van der Waals surface area contributed by atoms with Gasteiger partial charge in [0.1, 0.15) is 11.7 Å². The van der Waals surface area contributed by atoms with Crippen LogP contribution in [0.15, 0.2) is 75.5 Å². The molecule has 0 spiro atoms. The number of allylic oxidation sites excluding steroid dienone is 4. The summed E-state index contributed by atoms with van der Waals surface area (Å²) in [5, 5.41) is 2.59. The van der Waals surface area contributed by atoms with Gasteiger partial charge in [0.25, 0.3) is 5.56 Å². The number of alkyl halides is 3. The van der Waals surface area contributed by atoms with Gasteiger partial charge in [-0.2, -0.15) is 13.2 Å². The number of imidazole rings is 1. The zero-order valence-electron chi connectivity index (χ0n) is 22.1. The Labute approximate surface area is 230 Å². The first-order valence-corrected chi connectivity index (χ1v) is 12.0. The van der Waals surface area contributed by atoms with Crippen LogP contribution in [0.25, 0.3) is 16.7 Å². The van der Waals surface area contributed by atoms with Crippen molar-refractivity contribution in [1.82, 2.24) is 33.6 Å². The van der Waals surface area contributed by atoms with Gasteiger partial charge in [0, 0.05) is 13.2 Å². The van der Waals surface area contributed by atoms with Gasteiger partial charge in [-0.15, -0.1) is 0 Å². The van der Waals surface area contributed by atoms with Gasteiger partial charge in [-0.05, 0) is 44.3 Å². The second kappa shape index (κ2) is 11.5. The third kappa shape index (κ3) is 6.03. The second-order valence-electron chi connectivity index (χ2n) is 8.89. The number of carbonyl (C=O) groups excluding carboxylic acids is 1. The molecule has 0 saturated heterocycles. The van der Waals surface area contributed by atoms with Crippen molar-refractivity contribution < 1.29 is 18.0 Å². The summed E-state index contributed by atoms with van der Waals surface area (Å²) >= 11 is 0. The summed E-state index contributed by atoms with van der Waals surface area (Å²) in [6, 6.07) is 4.14. The minimum absolute atomic E-state index is 0.0263. The van der Waals surface area contributed by atoms with Crippen LogP contribution >= 0.6 is 0 Å². The number of nitrogens with one attached hydrogen (secondary N) is 1. The highest BCUT2D eigenvalue weighted by atomic mass is 19.4. The first-order valence-electron chi connectivity index (χ1n) is 12.0. The minimum Gasteiger partial charge on any atom is -0.312 e. The standard InChI is InChI=1S/C26H24F3N9O3/c1-15(8-9-19(30-3)26(27,28)29)18-11-31-12-20(34-18)35-23(39)16(2)38-14-33-22-21(38)24(40)37(25(41)36(22)4)13-17-7-5-6-10-32-17/h5-12,14,16H,3,13H2,1-2,4H3,(H,34,35,39)/b15-8+,19-9-/t16-/m0/s1. The quantitative estimate of drug-likeness (QED) is 0.255. The Morgan fingerprint density at radius 1 is 1.20 bits per heavy atom. The lowest BCUT2D eigenvalue weighted by molar-refractivity contribution is -0.118. The van der Waals surface area contributed by atoms with Crippen molar-refractivity contribution in [2.75, 3.05) is 5.32 Å². The van der Waals surface area contributed by atoms with E-state index in [1.165, 1.54) is 48.8 Å². The van der Waals surface area contributed by atoms with Crippen LogP contribution in [0, 0.1) is 0 Å². The molecular formula is C26H24F3N9O3. The number of hydrogen-bond donors (Lipinski definition) is 1. The van der Waals surface area contributed by atoms with Crippen LogP contribution in [0.2, 0.25) is 0 Å². The largest absolute Gasteiger partial charge is 0.433 e. The first-order chi connectivity index (χ1) is 19.4. The van der Waals surface area contributed by atoms with E-state index in [1.807, 2.05) is 0 Å². The molecule has 0 aromatic carbocycles. The molecule has 0 aliphatic rings. The van der Waals surface area contributed by atoms with E-state index in [2.05, 4.69) is 37.0 Å². The number of pyridine rings is 1. The Balaban J connectivity index is 1.62. The molecule has 1 amide bonds. The highest BCUT2D eigenvalue weighted by Gasteiger charge is 2.32. The van der Waals surface area contributed by atoms with Crippen molar-refractivity contribution in [1.29, 1.82) is 0 Å². The van der Waals surface area contributed by atoms with Gasteiger partial charge in [-0.25, -0.2) is 14.8 Å². The number of fused-ring (bicyclic) bond motifs is 1. The average Bonchev–Trinajstić information content (AvgIpc) is 3.39. The number of carbonyl (C=O) groups is 1. The fraction of sp³-hybridized carbons (Fsp3) is 0.231. The predicted octanol–water partition coefficient (Wildman–Crippen LogP) is 2.88. The lowest BCUT2D eigenvalue weighted by Gasteiger charge is -2.15. The summed E-state index contributed by atoms with van der Waals surface area (Å²) in [4.78, 5) is 59.0. The molecule has 4 aromatic heterocycles. The molecule has 0 fully saturated rings. The number of rotatable bonds is 8. The van der Waals surface area contributed by atoms with Gasteiger partial charge in [0.2, 0.25) is 5.91 Å². The van der Waals surface area contributed by atoms with Crippen LogP contribution in [-0.2, 0) is 18.4 Å². The highest BCUT2D eigenvalue weighted by Crippen LogP contribution is 2.26. The zero-order chi connectivity index (χ0) is 29.9. The lowest BCUT2D eigenvalue weighted by atomic mass is 10.2. The van der Waals surface area contributed by atoms with Crippen molar-refractivity contribution in [3.63, 3.8) is 0 Å². The van der Waals surface area contributed by atoms with E-state index < -0.39 is 35.1 Å². The topological polar surface area (TPSA) is 142 Å². The predicted molar refractivity (Wildman–Crippen MR) is 145 cm³/mol.